The number of hydrogen-bond acceptors (Lipinski definition) is 6. The van der Waals surface area contributed by atoms with Crippen LogP contribution in [0.15, 0.2) is 41.4 Å². The molecule has 0 saturated carbocycles. The van der Waals surface area contributed by atoms with E-state index in [9.17, 15) is 18.3 Å². The molecule has 30 heavy (non-hydrogen) atoms. The van der Waals surface area contributed by atoms with Crippen LogP contribution < -0.4 is 10.5 Å². The van der Waals surface area contributed by atoms with E-state index in [1.165, 1.54) is 21.1 Å². The molecule has 0 bridgehead atoms. The van der Waals surface area contributed by atoms with Gasteiger partial charge in [-0.05, 0) is 25.1 Å². The Labute approximate surface area is 176 Å². The van der Waals surface area contributed by atoms with Gasteiger partial charge in [-0.25, -0.2) is 8.42 Å². The Kier molecular flexibility index (Phi) is 6.81. The number of nitrogens with zero attached hydrogens (tertiary/aromatic N) is 3. The molecule has 1 aliphatic heterocycles. The number of aliphatic hydroxyl groups is 1. The van der Waals surface area contributed by atoms with Gasteiger partial charge in [-0.15, -0.1) is 0 Å². The van der Waals surface area contributed by atoms with Crippen LogP contribution in [0.1, 0.15) is 16.1 Å². The summed E-state index contributed by atoms with van der Waals surface area (Å²) in [7, 11) is -2.13. The van der Waals surface area contributed by atoms with Crippen LogP contribution in [-0.4, -0.2) is 78.6 Å². The molecular weight excluding hydrogens is 408 g/mol. The predicted octanol–water partition coefficient (Wildman–Crippen LogP) is 0.179. The normalized spacial score (nSPS) is 17.0. The Balaban J connectivity index is 1.50. The smallest absolute Gasteiger partial charge is 0.265 e. The van der Waals surface area contributed by atoms with Gasteiger partial charge < -0.3 is 20.1 Å². The van der Waals surface area contributed by atoms with Gasteiger partial charge in [0, 0.05) is 46.0 Å². The quantitative estimate of drug-likeness (QED) is 0.609. The number of aliphatic hydroxyl groups excluding tert-OH is 1. The molecular formula is C20H28N4O5S. The van der Waals surface area contributed by atoms with Gasteiger partial charge >= 0.3 is 0 Å². The first-order valence-corrected chi connectivity index (χ1v) is 11.2. The molecule has 1 amide bonds. The van der Waals surface area contributed by atoms with Crippen LogP contribution >= 0.6 is 0 Å². The highest BCUT2D eigenvalue weighted by Gasteiger charge is 2.30. The van der Waals surface area contributed by atoms with Gasteiger partial charge in [0.15, 0.2) is 0 Å². The van der Waals surface area contributed by atoms with E-state index >= 15 is 0 Å². The maximum absolute atomic E-state index is 12.9. The minimum atomic E-state index is -3.71. The largest absolute Gasteiger partial charge is 0.491 e. The van der Waals surface area contributed by atoms with Gasteiger partial charge in [-0.2, -0.15) is 4.31 Å². The summed E-state index contributed by atoms with van der Waals surface area (Å²) < 4.78 is 34.1. The number of rotatable bonds is 8. The second kappa shape index (κ2) is 9.17. The van der Waals surface area contributed by atoms with E-state index < -0.39 is 22.0 Å². The summed E-state index contributed by atoms with van der Waals surface area (Å²) in [5.74, 6) is 0.0272. The van der Waals surface area contributed by atoms with Crippen LogP contribution in [-0.2, 0) is 17.1 Å². The third kappa shape index (κ3) is 5.20. The average Bonchev–Trinajstić information content (AvgIpc) is 3.11. The number of aryl methyl sites for hydroxylation is 2. The van der Waals surface area contributed by atoms with Gasteiger partial charge in [0.05, 0.1) is 0 Å². The molecule has 2 aromatic rings. The van der Waals surface area contributed by atoms with Crippen molar-refractivity contribution in [3.8, 4) is 5.75 Å². The van der Waals surface area contributed by atoms with Crippen LogP contribution in [0.3, 0.4) is 0 Å². The summed E-state index contributed by atoms with van der Waals surface area (Å²) >= 11 is 0. The topological polar surface area (TPSA) is 118 Å². The van der Waals surface area contributed by atoms with E-state index in [0.717, 1.165) is 5.56 Å². The molecule has 1 atom stereocenters. The van der Waals surface area contributed by atoms with E-state index in [1.807, 2.05) is 36.1 Å². The van der Waals surface area contributed by atoms with Crippen molar-refractivity contribution in [3.05, 3.63) is 47.8 Å². The second-order valence-electron chi connectivity index (χ2n) is 7.52. The number of ether oxygens (including phenoxy) is 1. The summed E-state index contributed by atoms with van der Waals surface area (Å²) in [6, 6.07) is 8.91. The van der Waals surface area contributed by atoms with Crippen molar-refractivity contribution >= 4 is 15.9 Å². The van der Waals surface area contributed by atoms with E-state index in [4.69, 9.17) is 10.5 Å². The Morgan fingerprint density at radius 3 is 2.40 bits per heavy atom. The molecule has 0 radical (unpaired) electrons. The lowest BCUT2D eigenvalue weighted by Gasteiger charge is -2.34. The van der Waals surface area contributed by atoms with Crippen molar-refractivity contribution in [2.24, 2.45) is 12.8 Å². The number of carbonyl (C=O) groups is 1. The zero-order valence-corrected chi connectivity index (χ0v) is 18.0. The van der Waals surface area contributed by atoms with Gasteiger partial charge in [-0.3, -0.25) is 9.69 Å². The number of hydrogen-bond donors (Lipinski definition) is 2. The van der Waals surface area contributed by atoms with Gasteiger partial charge in [0.2, 0.25) is 10.0 Å². The first kappa shape index (κ1) is 22.3. The number of amides is 1. The van der Waals surface area contributed by atoms with E-state index in [0.29, 0.717) is 38.5 Å². The SMILES string of the molecule is Cc1ccc(OCC(O)CN2CCN(S(=O)(=O)c3cc(C(N)=O)n(C)c3)CC2)cc1. The summed E-state index contributed by atoms with van der Waals surface area (Å²) in [5.41, 5.74) is 6.55. The van der Waals surface area contributed by atoms with Crippen molar-refractivity contribution in [1.29, 1.82) is 0 Å². The zero-order chi connectivity index (χ0) is 21.9. The highest BCUT2D eigenvalue weighted by atomic mass is 32.2. The lowest BCUT2D eigenvalue weighted by Crippen LogP contribution is -2.50. The molecule has 9 nitrogen and oxygen atoms in total. The molecule has 1 aromatic carbocycles. The number of β-amino-alcohol motifs (C(OH)–C–C–N with tert-alkyl or cyclic N) is 1. The number of piperazine rings is 1. The van der Waals surface area contributed by atoms with Crippen LogP contribution in [0.5, 0.6) is 5.75 Å². The fourth-order valence-corrected chi connectivity index (χ4v) is 4.89. The monoisotopic (exact) mass is 436 g/mol. The standard InChI is InChI=1S/C20H28N4O5S/c1-15-3-5-17(6-4-15)29-14-16(25)12-23-7-9-24(10-8-23)30(27,28)18-11-19(20(21)26)22(2)13-18/h3-6,11,13,16,25H,7-10,12,14H2,1-2H3,(H2,21,26). The fourth-order valence-electron chi connectivity index (χ4n) is 3.40. The van der Waals surface area contributed by atoms with Crippen molar-refractivity contribution in [3.63, 3.8) is 0 Å². The van der Waals surface area contributed by atoms with Crippen molar-refractivity contribution in [2.45, 2.75) is 17.9 Å². The van der Waals surface area contributed by atoms with E-state index in [2.05, 4.69) is 0 Å². The summed E-state index contributed by atoms with van der Waals surface area (Å²) in [6.07, 6.45) is 0.718. The van der Waals surface area contributed by atoms with Gasteiger partial charge in [0.1, 0.15) is 29.0 Å². The van der Waals surface area contributed by atoms with Crippen LogP contribution in [0.2, 0.25) is 0 Å². The molecule has 3 rings (SSSR count). The molecule has 0 aliphatic carbocycles. The number of sulfonamides is 1. The van der Waals surface area contributed by atoms with Crippen molar-refractivity contribution in [2.75, 3.05) is 39.3 Å². The Morgan fingerprint density at radius 1 is 1.20 bits per heavy atom. The number of primary amides is 1. The predicted molar refractivity (Wildman–Crippen MR) is 112 cm³/mol. The summed E-state index contributed by atoms with van der Waals surface area (Å²) in [5, 5.41) is 10.3. The summed E-state index contributed by atoms with van der Waals surface area (Å²) in [6.45, 7) is 4.15. The van der Waals surface area contributed by atoms with E-state index in [-0.39, 0.29) is 17.2 Å². The minimum absolute atomic E-state index is 0.0544. The Hall–Kier alpha value is -2.40. The Bertz CT molecular complexity index is 979. The van der Waals surface area contributed by atoms with Crippen LogP contribution in [0.25, 0.3) is 0 Å². The first-order valence-electron chi connectivity index (χ1n) is 9.73. The van der Waals surface area contributed by atoms with Gasteiger partial charge in [-0.1, -0.05) is 17.7 Å². The third-order valence-corrected chi connectivity index (χ3v) is 7.00. The van der Waals surface area contributed by atoms with Crippen LogP contribution in [0, 0.1) is 6.92 Å². The zero-order valence-electron chi connectivity index (χ0n) is 17.2. The van der Waals surface area contributed by atoms with E-state index in [1.54, 1.807) is 7.05 Å². The maximum atomic E-state index is 12.9. The minimum Gasteiger partial charge on any atom is -0.491 e. The molecule has 10 heteroatoms. The molecule has 0 spiro atoms. The highest BCUT2D eigenvalue weighted by Crippen LogP contribution is 2.20. The molecule has 1 saturated heterocycles. The molecule has 1 fully saturated rings. The molecule has 1 unspecified atom stereocenters. The number of aromatic nitrogens is 1. The molecule has 1 aliphatic rings. The first-order chi connectivity index (χ1) is 14.2. The fraction of sp³-hybridized carbons (Fsp3) is 0.450. The average molecular weight is 437 g/mol. The molecule has 3 N–H and O–H groups in total. The second-order valence-corrected chi connectivity index (χ2v) is 9.46. The molecule has 1 aromatic heterocycles. The number of nitrogens with two attached hydrogens (primary N) is 1. The molecule has 2 heterocycles. The molecule has 164 valence electrons. The summed E-state index contributed by atoms with van der Waals surface area (Å²) in [4.78, 5) is 13.5. The number of carbonyl (C=O) groups excluding carboxylic acids is 1. The Morgan fingerprint density at radius 2 is 1.83 bits per heavy atom. The third-order valence-electron chi connectivity index (χ3n) is 5.13. The van der Waals surface area contributed by atoms with Crippen LogP contribution in [0.4, 0.5) is 0 Å². The van der Waals surface area contributed by atoms with Crippen molar-refractivity contribution in [1.82, 2.24) is 13.8 Å². The lowest BCUT2D eigenvalue weighted by molar-refractivity contribution is 0.0569. The van der Waals surface area contributed by atoms with Crippen molar-refractivity contribution < 1.29 is 23.1 Å². The lowest BCUT2D eigenvalue weighted by atomic mass is 10.2. The highest BCUT2D eigenvalue weighted by molar-refractivity contribution is 7.89. The number of benzene rings is 1. The van der Waals surface area contributed by atoms with Gasteiger partial charge in [0.25, 0.3) is 5.91 Å². The maximum Gasteiger partial charge on any atom is 0.265 e.